The minimum Gasteiger partial charge on any atom is -0.457 e. The van der Waals surface area contributed by atoms with Crippen LogP contribution in [-0.4, -0.2) is 134 Å². The average molecular weight is 902 g/mol. The van der Waals surface area contributed by atoms with Crippen LogP contribution in [0.1, 0.15) is 79.7 Å². The predicted molar refractivity (Wildman–Crippen MR) is 238 cm³/mol. The number of primary amides is 1. The van der Waals surface area contributed by atoms with Crippen LogP contribution < -0.4 is 26.4 Å². The summed E-state index contributed by atoms with van der Waals surface area (Å²) in [5, 5.41) is 31.9. The van der Waals surface area contributed by atoms with Crippen molar-refractivity contribution in [3.05, 3.63) is 101 Å². The molecular formula is C46H51N11O9. The number of fused-ring (bicyclic) bond motifs is 2. The maximum absolute atomic E-state index is 13.5. The van der Waals surface area contributed by atoms with E-state index in [9.17, 15) is 29.1 Å². The van der Waals surface area contributed by atoms with E-state index in [1.54, 1.807) is 34.0 Å². The number of nitrogens with two attached hydrogens (primary N) is 1. The van der Waals surface area contributed by atoms with Crippen molar-refractivity contribution in [1.29, 1.82) is 0 Å². The Morgan fingerprint density at radius 3 is 2.36 bits per heavy atom. The van der Waals surface area contributed by atoms with Gasteiger partial charge in [0, 0.05) is 37.4 Å². The topological polar surface area (TPSA) is 250 Å². The number of ether oxygens (including phenoxy) is 3. The van der Waals surface area contributed by atoms with Gasteiger partial charge in [-0.3, -0.25) is 28.9 Å². The Hall–Kier alpha value is -7.16. The summed E-state index contributed by atoms with van der Waals surface area (Å²) in [6, 6.07) is 20.9. The summed E-state index contributed by atoms with van der Waals surface area (Å²) >= 11 is 0. The van der Waals surface area contributed by atoms with E-state index in [1.165, 1.54) is 0 Å². The van der Waals surface area contributed by atoms with Crippen molar-refractivity contribution in [3.8, 4) is 22.8 Å². The number of amides is 5. The molecule has 5 aromatic rings. The number of carbonyl (C=O) groups is 5. The number of carbonyl (C=O) groups excluding carboxylic acids is 5. The second-order valence-electron chi connectivity index (χ2n) is 16.6. The molecule has 66 heavy (non-hydrogen) atoms. The standard InChI is InChI=1S/C46H51N11O9/c47-41(59)39-40(29-9-11-31(12-10-29)66-30-5-2-1-3-6-30)52-57-35(15-18-49-42(39)57)28-16-20-54(21-17-28)45(62)34-27-55(53-51-34)22-24-65-26-25-64-23-19-48-33-8-4-7-32-38(33)46(63)56(44(32)61)36-13-14-37(58)50-43(36)60/h1-12,27-28,35-37,48-49,58H,13-26H2,(H2,47,59)(H,50,60)/t35-,36?,37?/m0/s1. The van der Waals surface area contributed by atoms with E-state index in [0.717, 1.165) is 35.5 Å². The molecular weight excluding hydrogens is 851 g/mol. The lowest BCUT2D eigenvalue weighted by Gasteiger charge is -2.38. The molecule has 3 aromatic carbocycles. The number of rotatable bonds is 17. The smallest absolute Gasteiger partial charge is 0.276 e. The highest BCUT2D eigenvalue weighted by molar-refractivity contribution is 6.25. The second kappa shape index (κ2) is 19.5. The SMILES string of the molecule is NC(=O)c1c(-c2ccc(Oc3ccccc3)cc2)nn2c1NCC[C@H]2C1CCN(C(=O)c2cn(CCOCCOCCNc3cccc4c3C(=O)N(C3CCC(O)NC3=O)C4=O)nn2)CC1. The number of likely N-dealkylation sites (tertiary alicyclic amines) is 1. The minimum atomic E-state index is -0.995. The van der Waals surface area contributed by atoms with Gasteiger partial charge in [-0.2, -0.15) is 5.10 Å². The Kier molecular flexibility index (Phi) is 13.0. The van der Waals surface area contributed by atoms with Gasteiger partial charge in [0.25, 0.3) is 23.6 Å². The van der Waals surface area contributed by atoms with Gasteiger partial charge in [0.2, 0.25) is 5.91 Å². The summed E-state index contributed by atoms with van der Waals surface area (Å²) in [6.45, 7) is 3.75. The van der Waals surface area contributed by atoms with E-state index >= 15 is 0 Å². The van der Waals surface area contributed by atoms with Crippen LogP contribution in [0.3, 0.4) is 0 Å². The number of para-hydroxylation sites is 1. The number of aromatic nitrogens is 5. The Morgan fingerprint density at radius 2 is 1.61 bits per heavy atom. The van der Waals surface area contributed by atoms with Crippen molar-refractivity contribution in [2.75, 3.05) is 63.2 Å². The van der Waals surface area contributed by atoms with Gasteiger partial charge in [-0.1, -0.05) is 29.5 Å². The van der Waals surface area contributed by atoms with Gasteiger partial charge in [-0.15, -0.1) is 5.10 Å². The number of hydrogen-bond acceptors (Lipinski definition) is 14. The maximum atomic E-state index is 13.5. The molecule has 3 atom stereocenters. The zero-order chi connectivity index (χ0) is 45.7. The molecule has 0 bridgehead atoms. The molecule has 2 fully saturated rings. The third-order valence-electron chi connectivity index (χ3n) is 12.4. The van der Waals surface area contributed by atoms with Gasteiger partial charge < -0.3 is 45.9 Å². The summed E-state index contributed by atoms with van der Waals surface area (Å²) in [4.78, 5) is 68.0. The number of nitrogens with one attached hydrogen (secondary N) is 3. The highest BCUT2D eigenvalue weighted by atomic mass is 16.5. The fourth-order valence-corrected chi connectivity index (χ4v) is 9.13. The van der Waals surface area contributed by atoms with E-state index in [1.807, 2.05) is 59.3 Å². The monoisotopic (exact) mass is 901 g/mol. The zero-order valence-electron chi connectivity index (χ0n) is 36.1. The number of hydrogen-bond donors (Lipinski definition) is 5. The van der Waals surface area contributed by atoms with Gasteiger partial charge in [0.1, 0.15) is 40.8 Å². The number of imide groups is 1. The lowest BCUT2D eigenvalue weighted by atomic mass is 9.86. The Morgan fingerprint density at radius 1 is 0.848 bits per heavy atom. The number of aliphatic hydroxyl groups excluding tert-OH is 1. The van der Waals surface area contributed by atoms with Gasteiger partial charge >= 0.3 is 0 Å². The average Bonchev–Trinajstić information content (AvgIpc) is 4.04. The molecule has 0 saturated carbocycles. The Bertz CT molecular complexity index is 2590. The van der Waals surface area contributed by atoms with Crippen LogP contribution in [-0.2, 0) is 20.8 Å². The number of aliphatic hydroxyl groups is 1. The van der Waals surface area contributed by atoms with E-state index in [2.05, 4.69) is 26.3 Å². The first-order chi connectivity index (χ1) is 32.1. The van der Waals surface area contributed by atoms with Crippen LogP contribution in [0.4, 0.5) is 11.5 Å². The lowest BCUT2D eigenvalue weighted by molar-refractivity contribution is -0.131. The lowest BCUT2D eigenvalue weighted by Crippen LogP contribution is -2.55. The first-order valence-corrected chi connectivity index (χ1v) is 22.2. The van der Waals surface area contributed by atoms with Crippen LogP contribution in [0.5, 0.6) is 11.5 Å². The molecule has 2 saturated heterocycles. The molecule has 0 radical (unpaired) electrons. The van der Waals surface area contributed by atoms with Crippen LogP contribution >= 0.6 is 0 Å². The van der Waals surface area contributed by atoms with Gasteiger partial charge in [-0.25, -0.2) is 9.36 Å². The van der Waals surface area contributed by atoms with Gasteiger partial charge in [-0.05, 0) is 86.6 Å². The molecule has 4 aliphatic rings. The molecule has 20 nitrogen and oxygen atoms in total. The molecule has 9 rings (SSSR count). The van der Waals surface area contributed by atoms with Gasteiger partial charge in [0.05, 0.1) is 56.3 Å². The predicted octanol–water partition coefficient (Wildman–Crippen LogP) is 3.28. The maximum Gasteiger partial charge on any atom is 0.276 e. The summed E-state index contributed by atoms with van der Waals surface area (Å²) in [5.74, 6) is -0.166. The third kappa shape index (κ3) is 9.19. The van der Waals surface area contributed by atoms with Gasteiger partial charge in [0.15, 0.2) is 5.69 Å². The quantitative estimate of drug-likeness (QED) is 0.0664. The molecule has 5 amide bonds. The van der Waals surface area contributed by atoms with Crippen molar-refractivity contribution < 1.29 is 43.3 Å². The minimum absolute atomic E-state index is 0.0211. The van der Waals surface area contributed by atoms with Crippen LogP contribution in [0.15, 0.2) is 79.0 Å². The van der Waals surface area contributed by atoms with E-state index < -0.39 is 35.9 Å². The van der Waals surface area contributed by atoms with Crippen LogP contribution in [0, 0.1) is 5.92 Å². The summed E-state index contributed by atoms with van der Waals surface area (Å²) in [5.41, 5.74) is 8.73. The van der Waals surface area contributed by atoms with Crippen molar-refractivity contribution in [1.82, 2.24) is 39.9 Å². The zero-order valence-corrected chi connectivity index (χ0v) is 36.1. The van der Waals surface area contributed by atoms with Crippen molar-refractivity contribution in [3.63, 3.8) is 0 Å². The molecule has 6 N–H and O–H groups in total. The molecule has 4 aliphatic heterocycles. The molecule has 0 aliphatic carbocycles. The second-order valence-corrected chi connectivity index (χ2v) is 16.6. The molecule has 20 heteroatoms. The van der Waals surface area contributed by atoms with E-state index in [4.69, 9.17) is 25.0 Å². The fourth-order valence-electron chi connectivity index (χ4n) is 9.13. The van der Waals surface area contributed by atoms with Crippen LogP contribution in [0.2, 0.25) is 0 Å². The molecule has 0 spiro atoms. The number of anilines is 2. The number of nitrogens with zero attached hydrogens (tertiary/aromatic N) is 7. The van der Waals surface area contributed by atoms with E-state index in [-0.39, 0.29) is 47.5 Å². The largest absolute Gasteiger partial charge is 0.457 e. The van der Waals surface area contributed by atoms with Crippen molar-refractivity contribution in [2.24, 2.45) is 11.7 Å². The highest BCUT2D eigenvalue weighted by Gasteiger charge is 2.45. The third-order valence-corrected chi connectivity index (χ3v) is 12.4. The highest BCUT2D eigenvalue weighted by Crippen LogP contribution is 2.40. The fraction of sp³-hybridized carbons (Fsp3) is 0.391. The number of piperidine rings is 2. The summed E-state index contributed by atoms with van der Waals surface area (Å²) in [7, 11) is 0. The molecule has 2 unspecified atom stereocenters. The van der Waals surface area contributed by atoms with Crippen LogP contribution in [0.25, 0.3) is 11.3 Å². The number of benzene rings is 3. The normalized spacial score (nSPS) is 19.5. The molecule has 344 valence electrons. The first-order valence-electron chi connectivity index (χ1n) is 22.2. The molecule has 6 heterocycles. The Labute approximate surface area is 379 Å². The molecule has 2 aromatic heterocycles. The Balaban J connectivity index is 0.698. The summed E-state index contributed by atoms with van der Waals surface area (Å²) < 4.78 is 20.9. The van der Waals surface area contributed by atoms with Crippen molar-refractivity contribution in [2.45, 2.75) is 57.0 Å². The summed E-state index contributed by atoms with van der Waals surface area (Å²) in [6.07, 6.45) is 3.38. The van der Waals surface area contributed by atoms with E-state index in [0.29, 0.717) is 87.7 Å². The van der Waals surface area contributed by atoms with Crippen molar-refractivity contribution >= 4 is 41.0 Å². The first kappa shape index (κ1) is 44.1.